The van der Waals surface area contributed by atoms with Crippen molar-refractivity contribution in [2.24, 2.45) is 5.41 Å². The summed E-state index contributed by atoms with van der Waals surface area (Å²) < 4.78 is 9.29. The Morgan fingerprint density at radius 2 is 1.85 bits per heavy atom. The number of ether oxygens (including phenoxy) is 1. The molecule has 2 aromatic rings. The summed E-state index contributed by atoms with van der Waals surface area (Å²) in [4.78, 5) is 16.9. The van der Waals surface area contributed by atoms with Gasteiger partial charge in [-0.1, -0.05) is 22.7 Å². The van der Waals surface area contributed by atoms with E-state index in [2.05, 4.69) is 26.6 Å². The van der Waals surface area contributed by atoms with Gasteiger partial charge in [-0.25, -0.2) is 0 Å². The number of nitrogens with zero attached hydrogens (tertiary/aromatic N) is 4. The van der Waals surface area contributed by atoms with E-state index in [9.17, 15) is 4.79 Å². The first-order valence-electron chi connectivity index (χ1n) is 9.60. The van der Waals surface area contributed by atoms with Gasteiger partial charge in [0.05, 0.1) is 7.11 Å². The number of aromatic nitrogens is 2. The van der Waals surface area contributed by atoms with Gasteiger partial charge in [0.25, 0.3) is 5.91 Å². The minimum absolute atomic E-state index is 0.0345. The van der Waals surface area contributed by atoms with Gasteiger partial charge in [-0.05, 0) is 61.8 Å². The van der Waals surface area contributed by atoms with Crippen LogP contribution in [0.15, 0.2) is 29.6 Å². The van der Waals surface area contributed by atoms with Crippen LogP contribution in [0.3, 0.4) is 0 Å². The molecule has 4 rings (SSSR count). The summed E-state index contributed by atoms with van der Waals surface area (Å²) in [6.45, 7) is 4.84. The van der Waals surface area contributed by atoms with Crippen LogP contribution in [0.1, 0.15) is 41.7 Å². The van der Waals surface area contributed by atoms with Gasteiger partial charge in [0.15, 0.2) is 5.69 Å². The van der Waals surface area contributed by atoms with Crippen LogP contribution in [0.25, 0.3) is 0 Å². The van der Waals surface area contributed by atoms with Gasteiger partial charge in [0.2, 0.25) is 0 Å². The molecule has 1 aromatic carbocycles. The van der Waals surface area contributed by atoms with Crippen LogP contribution >= 0.6 is 11.5 Å². The standard InChI is InChI=1S/C20H26N4O2S/c1-26-18-5-3-2-4-16(18)14-23-10-6-20(7-11-23)8-12-24(13-9-20)19(25)17-15-27-22-21-17/h2-5,15H,6-14H2,1H3. The van der Waals surface area contributed by atoms with Crippen LogP contribution in [-0.2, 0) is 6.54 Å². The van der Waals surface area contributed by atoms with Crippen molar-refractivity contribution in [3.63, 3.8) is 0 Å². The van der Waals surface area contributed by atoms with Gasteiger partial charge in [0.1, 0.15) is 5.75 Å². The second-order valence-corrected chi connectivity index (χ2v) is 8.28. The molecular formula is C20H26N4O2S. The Morgan fingerprint density at radius 1 is 1.15 bits per heavy atom. The zero-order valence-corrected chi connectivity index (χ0v) is 16.6. The third-order valence-corrected chi connectivity index (χ3v) is 6.70. The molecule has 3 heterocycles. The topological polar surface area (TPSA) is 58.6 Å². The molecule has 2 aliphatic rings. The first kappa shape index (κ1) is 18.4. The van der Waals surface area contributed by atoms with Crippen LogP contribution in [0.5, 0.6) is 5.75 Å². The Kier molecular flexibility index (Phi) is 5.41. The lowest BCUT2D eigenvalue weighted by atomic mass is 9.71. The molecule has 1 spiro atoms. The number of carbonyl (C=O) groups excluding carboxylic acids is 1. The summed E-state index contributed by atoms with van der Waals surface area (Å²) in [5, 5.41) is 5.66. The zero-order chi connectivity index (χ0) is 18.7. The molecule has 0 radical (unpaired) electrons. The zero-order valence-electron chi connectivity index (χ0n) is 15.8. The van der Waals surface area contributed by atoms with E-state index < -0.39 is 0 Å². The third-order valence-electron chi connectivity index (χ3n) is 6.19. The van der Waals surface area contributed by atoms with E-state index in [1.54, 1.807) is 12.5 Å². The number of carbonyl (C=O) groups is 1. The number of benzene rings is 1. The molecule has 0 saturated carbocycles. The molecule has 6 nitrogen and oxygen atoms in total. The predicted octanol–water partition coefficient (Wildman–Crippen LogP) is 3.07. The average molecular weight is 387 g/mol. The van der Waals surface area contributed by atoms with Crippen molar-refractivity contribution in [1.82, 2.24) is 19.4 Å². The smallest absolute Gasteiger partial charge is 0.275 e. The highest BCUT2D eigenvalue weighted by atomic mass is 32.1. The fraction of sp³-hybridized carbons (Fsp3) is 0.550. The quantitative estimate of drug-likeness (QED) is 0.808. The van der Waals surface area contributed by atoms with E-state index >= 15 is 0 Å². The SMILES string of the molecule is COc1ccccc1CN1CCC2(CC1)CCN(C(=O)c1csnn1)CC2. The van der Waals surface area contributed by atoms with Crippen molar-refractivity contribution in [3.05, 3.63) is 40.9 Å². The summed E-state index contributed by atoms with van der Waals surface area (Å²) in [6.07, 6.45) is 4.61. The van der Waals surface area contributed by atoms with Gasteiger partial charge >= 0.3 is 0 Å². The maximum atomic E-state index is 12.5. The largest absolute Gasteiger partial charge is 0.496 e. The van der Waals surface area contributed by atoms with E-state index in [1.807, 2.05) is 17.0 Å². The molecule has 27 heavy (non-hydrogen) atoms. The van der Waals surface area contributed by atoms with Gasteiger partial charge in [0, 0.05) is 30.6 Å². The van der Waals surface area contributed by atoms with E-state index in [0.717, 1.165) is 51.3 Å². The van der Waals surface area contributed by atoms with Crippen LogP contribution < -0.4 is 4.74 Å². The van der Waals surface area contributed by atoms with Gasteiger partial charge in [-0.3, -0.25) is 9.69 Å². The van der Waals surface area contributed by atoms with Crippen molar-refractivity contribution in [2.75, 3.05) is 33.3 Å². The summed E-state index contributed by atoms with van der Waals surface area (Å²) in [5.41, 5.74) is 2.14. The molecule has 7 heteroatoms. The lowest BCUT2D eigenvalue weighted by Crippen LogP contribution is -2.48. The minimum Gasteiger partial charge on any atom is -0.496 e. The third kappa shape index (κ3) is 3.99. The number of hydrogen-bond donors (Lipinski definition) is 0. The van der Waals surface area contributed by atoms with Crippen molar-refractivity contribution in [1.29, 1.82) is 0 Å². The number of piperidine rings is 2. The maximum Gasteiger partial charge on any atom is 0.275 e. The predicted molar refractivity (Wildman–Crippen MR) is 105 cm³/mol. The van der Waals surface area contributed by atoms with Crippen molar-refractivity contribution in [2.45, 2.75) is 32.2 Å². The van der Waals surface area contributed by atoms with E-state index in [4.69, 9.17) is 4.74 Å². The molecule has 2 fully saturated rings. The highest BCUT2D eigenvalue weighted by molar-refractivity contribution is 7.03. The number of methoxy groups -OCH3 is 1. The van der Waals surface area contributed by atoms with Crippen molar-refractivity contribution >= 4 is 17.4 Å². The van der Waals surface area contributed by atoms with Crippen molar-refractivity contribution < 1.29 is 9.53 Å². The average Bonchev–Trinajstić information content (AvgIpc) is 3.25. The number of para-hydroxylation sites is 1. The number of likely N-dealkylation sites (tertiary alicyclic amines) is 2. The monoisotopic (exact) mass is 386 g/mol. The first-order valence-corrected chi connectivity index (χ1v) is 10.4. The molecule has 1 aromatic heterocycles. The highest BCUT2D eigenvalue weighted by Crippen LogP contribution is 2.41. The maximum absolute atomic E-state index is 12.5. The molecule has 1 amide bonds. The summed E-state index contributed by atoms with van der Waals surface area (Å²) >= 11 is 1.23. The molecule has 0 N–H and O–H groups in total. The molecule has 0 atom stereocenters. The van der Waals surface area contributed by atoms with Gasteiger partial charge < -0.3 is 9.64 Å². The Labute approximate surface area is 164 Å². The molecular weight excluding hydrogens is 360 g/mol. The van der Waals surface area contributed by atoms with Crippen LogP contribution in [0.2, 0.25) is 0 Å². The molecule has 2 aliphatic heterocycles. The number of hydrogen-bond acceptors (Lipinski definition) is 6. The summed E-state index contributed by atoms with van der Waals surface area (Å²) in [6, 6.07) is 8.28. The molecule has 144 valence electrons. The number of amides is 1. The fourth-order valence-corrected chi connectivity index (χ4v) is 4.79. The molecule has 2 saturated heterocycles. The Balaban J connectivity index is 1.30. The summed E-state index contributed by atoms with van der Waals surface area (Å²) in [7, 11) is 1.74. The van der Waals surface area contributed by atoms with Gasteiger partial charge in [-0.15, -0.1) is 5.10 Å². The number of rotatable bonds is 4. The second kappa shape index (κ2) is 7.94. The molecule has 0 bridgehead atoms. The molecule has 0 aliphatic carbocycles. The fourth-order valence-electron chi connectivity index (χ4n) is 4.36. The van der Waals surface area contributed by atoms with Gasteiger partial charge in [-0.2, -0.15) is 0 Å². The summed E-state index contributed by atoms with van der Waals surface area (Å²) in [5.74, 6) is 1.01. The van der Waals surface area contributed by atoms with E-state index in [0.29, 0.717) is 11.1 Å². The van der Waals surface area contributed by atoms with E-state index in [-0.39, 0.29) is 5.91 Å². The normalized spacial score (nSPS) is 20.0. The molecule has 0 unspecified atom stereocenters. The highest BCUT2D eigenvalue weighted by Gasteiger charge is 2.38. The second-order valence-electron chi connectivity index (χ2n) is 7.67. The minimum atomic E-state index is 0.0345. The Morgan fingerprint density at radius 3 is 2.52 bits per heavy atom. The van der Waals surface area contributed by atoms with Crippen molar-refractivity contribution in [3.8, 4) is 5.75 Å². The first-order chi connectivity index (χ1) is 13.2. The Hall–Kier alpha value is -1.99. The van der Waals surface area contributed by atoms with Crippen LogP contribution in [-0.4, -0.2) is 58.6 Å². The van der Waals surface area contributed by atoms with Crippen LogP contribution in [0, 0.1) is 5.41 Å². The van der Waals surface area contributed by atoms with Crippen LogP contribution in [0.4, 0.5) is 0 Å². The lowest BCUT2D eigenvalue weighted by molar-refractivity contribution is 0.0281. The van der Waals surface area contributed by atoms with E-state index in [1.165, 1.54) is 29.9 Å². The Bertz CT molecular complexity index is 762. The lowest BCUT2D eigenvalue weighted by Gasteiger charge is -2.46.